The number of hydrogen-bond acceptors (Lipinski definition) is 4. The van der Waals surface area contributed by atoms with Crippen LogP contribution in [0.4, 0.5) is 4.39 Å². The first-order valence-electron chi connectivity index (χ1n) is 9.75. The molecule has 2 heterocycles. The van der Waals surface area contributed by atoms with Crippen LogP contribution in [0.15, 0.2) is 60.7 Å². The summed E-state index contributed by atoms with van der Waals surface area (Å²) in [6.45, 7) is 5.88. The first-order chi connectivity index (χ1) is 14.1. The Morgan fingerprint density at radius 3 is 2.28 bits per heavy atom. The van der Waals surface area contributed by atoms with Crippen molar-refractivity contribution in [3.05, 3.63) is 82.5 Å². The highest BCUT2D eigenvalue weighted by Crippen LogP contribution is 2.29. The van der Waals surface area contributed by atoms with E-state index < -0.39 is 0 Å². The Balaban J connectivity index is 1.28. The molecule has 0 atom stereocenters. The van der Waals surface area contributed by atoms with Gasteiger partial charge in [-0.1, -0.05) is 24.3 Å². The molecule has 1 amide bonds. The van der Waals surface area contributed by atoms with Gasteiger partial charge in [0.1, 0.15) is 5.82 Å². The van der Waals surface area contributed by atoms with Crippen LogP contribution in [0, 0.1) is 5.82 Å². The lowest BCUT2D eigenvalue weighted by Crippen LogP contribution is -2.45. The zero-order valence-electron chi connectivity index (χ0n) is 16.2. The number of halogens is 1. The van der Waals surface area contributed by atoms with E-state index in [0.29, 0.717) is 5.56 Å². The molecule has 1 aliphatic heterocycles. The van der Waals surface area contributed by atoms with E-state index in [9.17, 15) is 9.18 Å². The standard InChI is InChI=1S/C23H24FN3OS/c24-20-3-1-2-19(14-20)22-9-8-21(29-22)16-27-12-10-26(11-13-27)15-17-4-6-18(7-5-17)23(25)28/h1-9,14H,10-13,15-16H2,(H2,25,28). The van der Waals surface area contributed by atoms with Crippen LogP contribution in [0.25, 0.3) is 10.4 Å². The van der Waals surface area contributed by atoms with E-state index in [1.165, 1.54) is 16.5 Å². The van der Waals surface area contributed by atoms with Crippen LogP contribution in [0.1, 0.15) is 20.8 Å². The molecule has 150 valence electrons. The fraction of sp³-hybridized carbons (Fsp3) is 0.261. The van der Waals surface area contributed by atoms with Gasteiger partial charge in [0.25, 0.3) is 0 Å². The van der Waals surface area contributed by atoms with E-state index >= 15 is 0 Å². The van der Waals surface area contributed by atoms with Crippen LogP contribution in [0.5, 0.6) is 0 Å². The molecule has 0 unspecified atom stereocenters. The predicted molar refractivity (Wildman–Crippen MR) is 115 cm³/mol. The van der Waals surface area contributed by atoms with Crippen molar-refractivity contribution in [2.45, 2.75) is 13.1 Å². The van der Waals surface area contributed by atoms with Crippen molar-refractivity contribution in [3.63, 3.8) is 0 Å². The van der Waals surface area contributed by atoms with Gasteiger partial charge in [0.05, 0.1) is 0 Å². The largest absolute Gasteiger partial charge is 0.366 e. The first-order valence-corrected chi connectivity index (χ1v) is 10.6. The van der Waals surface area contributed by atoms with Gasteiger partial charge in [-0.15, -0.1) is 11.3 Å². The molecule has 0 bridgehead atoms. The highest BCUT2D eigenvalue weighted by Gasteiger charge is 2.18. The molecule has 4 nitrogen and oxygen atoms in total. The summed E-state index contributed by atoms with van der Waals surface area (Å²) in [5, 5.41) is 0. The van der Waals surface area contributed by atoms with Gasteiger partial charge in [0, 0.05) is 54.6 Å². The smallest absolute Gasteiger partial charge is 0.248 e. The maximum atomic E-state index is 13.5. The minimum Gasteiger partial charge on any atom is -0.366 e. The number of nitrogens with zero attached hydrogens (tertiary/aromatic N) is 2. The second kappa shape index (κ2) is 8.86. The number of rotatable bonds is 6. The van der Waals surface area contributed by atoms with Crippen molar-refractivity contribution < 1.29 is 9.18 Å². The second-order valence-electron chi connectivity index (χ2n) is 7.39. The van der Waals surface area contributed by atoms with Crippen LogP contribution < -0.4 is 5.73 Å². The summed E-state index contributed by atoms with van der Waals surface area (Å²) >= 11 is 1.74. The molecular weight excluding hydrogens is 385 g/mol. The Hall–Kier alpha value is -2.54. The molecule has 1 saturated heterocycles. The Bertz CT molecular complexity index is 978. The van der Waals surface area contributed by atoms with Crippen LogP contribution in [0.2, 0.25) is 0 Å². The molecule has 1 fully saturated rings. The fourth-order valence-corrected chi connectivity index (χ4v) is 4.66. The van der Waals surface area contributed by atoms with E-state index in [1.54, 1.807) is 35.6 Å². The number of carbonyl (C=O) groups excluding carboxylic acids is 1. The Labute approximate surface area is 174 Å². The van der Waals surface area contributed by atoms with Crippen molar-refractivity contribution >= 4 is 17.2 Å². The molecule has 0 aliphatic carbocycles. The molecule has 0 radical (unpaired) electrons. The second-order valence-corrected chi connectivity index (χ2v) is 8.56. The maximum Gasteiger partial charge on any atom is 0.248 e. The van der Waals surface area contributed by atoms with Crippen molar-refractivity contribution in [2.75, 3.05) is 26.2 Å². The van der Waals surface area contributed by atoms with Gasteiger partial charge in [0.15, 0.2) is 0 Å². The van der Waals surface area contributed by atoms with Gasteiger partial charge in [0.2, 0.25) is 5.91 Å². The van der Waals surface area contributed by atoms with Crippen LogP contribution >= 0.6 is 11.3 Å². The Morgan fingerprint density at radius 2 is 1.62 bits per heavy atom. The highest BCUT2D eigenvalue weighted by molar-refractivity contribution is 7.15. The lowest BCUT2D eigenvalue weighted by Gasteiger charge is -2.34. The summed E-state index contributed by atoms with van der Waals surface area (Å²) < 4.78 is 13.5. The SMILES string of the molecule is NC(=O)c1ccc(CN2CCN(Cc3ccc(-c4cccc(F)c4)s3)CC2)cc1. The average molecular weight is 410 g/mol. The van der Waals surface area contributed by atoms with E-state index in [4.69, 9.17) is 5.73 Å². The Morgan fingerprint density at radius 1 is 0.931 bits per heavy atom. The van der Waals surface area contributed by atoms with Crippen LogP contribution in [-0.4, -0.2) is 41.9 Å². The number of amides is 1. The van der Waals surface area contributed by atoms with E-state index in [0.717, 1.165) is 49.7 Å². The minimum atomic E-state index is -0.390. The molecule has 4 rings (SSSR count). The molecule has 6 heteroatoms. The number of benzene rings is 2. The predicted octanol–water partition coefficient (Wildman–Crippen LogP) is 3.97. The molecule has 1 aromatic heterocycles. The Kier molecular flexibility index (Phi) is 6.04. The summed E-state index contributed by atoms with van der Waals surface area (Å²) in [5.41, 5.74) is 7.98. The number of piperazine rings is 1. The van der Waals surface area contributed by atoms with Gasteiger partial charge in [-0.3, -0.25) is 14.6 Å². The molecule has 2 N–H and O–H groups in total. The maximum absolute atomic E-state index is 13.5. The minimum absolute atomic E-state index is 0.196. The normalized spacial score (nSPS) is 15.5. The van der Waals surface area contributed by atoms with Crippen LogP contribution in [0.3, 0.4) is 0 Å². The highest BCUT2D eigenvalue weighted by atomic mass is 32.1. The number of primary amides is 1. The number of hydrogen-bond donors (Lipinski definition) is 1. The zero-order valence-corrected chi connectivity index (χ0v) is 17.0. The fourth-order valence-electron chi connectivity index (χ4n) is 3.62. The lowest BCUT2D eigenvalue weighted by molar-refractivity contribution is 0.1000. The third kappa shape index (κ3) is 5.09. The van der Waals surface area contributed by atoms with Crippen molar-refractivity contribution in [1.29, 1.82) is 0 Å². The number of thiophene rings is 1. The van der Waals surface area contributed by atoms with Crippen LogP contribution in [-0.2, 0) is 13.1 Å². The summed E-state index contributed by atoms with van der Waals surface area (Å²) in [4.78, 5) is 18.5. The summed E-state index contributed by atoms with van der Waals surface area (Å²) in [7, 11) is 0. The summed E-state index contributed by atoms with van der Waals surface area (Å²) in [5.74, 6) is -0.586. The number of carbonyl (C=O) groups is 1. The topological polar surface area (TPSA) is 49.6 Å². The monoisotopic (exact) mass is 409 g/mol. The van der Waals surface area contributed by atoms with Gasteiger partial charge in [-0.05, 0) is 47.5 Å². The van der Waals surface area contributed by atoms with Gasteiger partial charge < -0.3 is 5.73 Å². The molecule has 29 heavy (non-hydrogen) atoms. The third-order valence-corrected chi connectivity index (χ3v) is 6.38. The summed E-state index contributed by atoms with van der Waals surface area (Å²) in [6.07, 6.45) is 0. The molecule has 2 aromatic carbocycles. The number of nitrogens with two attached hydrogens (primary N) is 1. The van der Waals surface area contributed by atoms with Gasteiger partial charge in [-0.25, -0.2) is 4.39 Å². The first kappa shape index (κ1) is 19.8. The molecular formula is C23H24FN3OS. The van der Waals surface area contributed by atoms with E-state index in [2.05, 4.69) is 21.9 Å². The van der Waals surface area contributed by atoms with Crippen molar-refractivity contribution in [1.82, 2.24) is 9.80 Å². The molecule has 0 spiro atoms. The zero-order chi connectivity index (χ0) is 20.2. The third-order valence-electron chi connectivity index (χ3n) is 5.26. The molecule has 1 aliphatic rings. The molecule has 0 saturated carbocycles. The lowest BCUT2D eigenvalue weighted by atomic mass is 10.1. The van der Waals surface area contributed by atoms with Crippen molar-refractivity contribution in [2.24, 2.45) is 5.73 Å². The molecule has 3 aromatic rings. The van der Waals surface area contributed by atoms with E-state index in [-0.39, 0.29) is 11.7 Å². The van der Waals surface area contributed by atoms with E-state index in [1.807, 2.05) is 18.2 Å². The van der Waals surface area contributed by atoms with Crippen molar-refractivity contribution in [3.8, 4) is 10.4 Å². The van der Waals surface area contributed by atoms with Gasteiger partial charge >= 0.3 is 0 Å². The average Bonchev–Trinajstić information content (AvgIpc) is 3.18. The summed E-state index contributed by atoms with van der Waals surface area (Å²) in [6, 6.07) is 18.5. The quantitative estimate of drug-likeness (QED) is 0.670. The van der Waals surface area contributed by atoms with Gasteiger partial charge in [-0.2, -0.15) is 0 Å².